The SMILES string of the molecule is Cc1cccc(C(=O)Nc2nc3c(s2)CNCC3)c1Cl. The maximum Gasteiger partial charge on any atom is 0.258 e. The third-order valence-corrected chi connectivity index (χ3v) is 4.77. The molecule has 0 saturated carbocycles. The molecule has 3 rings (SSSR count). The van der Waals surface area contributed by atoms with Gasteiger partial charge in [-0.1, -0.05) is 23.7 Å². The monoisotopic (exact) mass is 307 g/mol. The number of carbonyl (C=O) groups excluding carboxylic acids is 1. The predicted octanol–water partition coefficient (Wildman–Crippen LogP) is 3.00. The predicted molar refractivity (Wildman–Crippen MR) is 81.7 cm³/mol. The number of anilines is 1. The van der Waals surface area contributed by atoms with Gasteiger partial charge in [0.15, 0.2) is 5.13 Å². The largest absolute Gasteiger partial charge is 0.311 e. The number of benzene rings is 1. The highest BCUT2D eigenvalue weighted by Gasteiger charge is 2.18. The zero-order valence-corrected chi connectivity index (χ0v) is 12.6. The van der Waals surface area contributed by atoms with Crippen molar-refractivity contribution in [3.8, 4) is 0 Å². The van der Waals surface area contributed by atoms with E-state index in [2.05, 4.69) is 15.6 Å². The topological polar surface area (TPSA) is 54.0 Å². The Bertz CT molecular complexity index is 645. The van der Waals surface area contributed by atoms with E-state index in [-0.39, 0.29) is 5.91 Å². The van der Waals surface area contributed by atoms with Crippen molar-refractivity contribution in [3.05, 3.63) is 44.9 Å². The maximum absolute atomic E-state index is 12.3. The van der Waals surface area contributed by atoms with Crippen LogP contribution < -0.4 is 10.6 Å². The molecule has 0 unspecified atom stereocenters. The third-order valence-electron chi connectivity index (χ3n) is 3.26. The molecule has 0 fully saturated rings. The van der Waals surface area contributed by atoms with E-state index < -0.39 is 0 Å². The molecule has 4 nitrogen and oxygen atoms in total. The van der Waals surface area contributed by atoms with Gasteiger partial charge in [0.1, 0.15) is 0 Å². The number of aryl methyl sites for hydroxylation is 1. The fourth-order valence-electron chi connectivity index (χ4n) is 2.17. The second kappa shape index (κ2) is 5.52. The van der Waals surface area contributed by atoms with Crippen molar-refractivity contribution >= 4 is 34.0 Å². The van der Waals surface area contributed by atoms with Crippen LogP contribution in [0.5, 0.6) is 0 Å². The number of hydrogen-bond acceptors (Lipinski definition) is 4. The Kier molecular flexibility index (Phi) is 3.74. The Morgan fingerprint density at radius 2 is 2.35 bits per heavy atom. The number of aromatic nitrogens is 1. The molecule has 0 bridgehead atoms. The maximum atomic E-state index is 12.3. The first-order chi connectivity index (χ1) is 9.65. The van der Waals surface area contributed by atoms with Crippen LogP contribution in [0.15, 0.2) is 18.2 Å². The minimum absolute atomic E-state index is 0.210. The minimum Gasteiger partial charge on any atom is -0.311 e. The van der Waals surface area contributed by atoms with Gasteiger partial charge in [-0.15, -0.1) is 11.3 Å². The molecule has 2 aromatic rings. The highest BCUT2D eigenvalue weighted by molar-refractivity contribution is 7.15. The van der Waals surface area contributed by atoms with Crippen molar-refractivity contribution in [1.82, 2.24) is 10.3 Å². The van der Waals surface area contributed by atoms with Crippen LogP contribution in [0, 0.1) is 6.92 Å². The third kappa shape index (κ3) is 2.57. The van der Waals surface area contributed by atoms with Crippen LogP contribution in [0.25, 0.3) is 0 Å². The van der Waals surface area contributed by atoms with E-state index >= 15 is 0 Å². The van der Waals surface area contributed by atoms with Crippen LogP contribution in [0.4, 0.5) is 5.13 Å². The lowest BCUT2D eigenvalue weighted by Crippen LogP contribution is -2.22. The molecular formula is C14H14ClN3OS. The zero-order chi connectivity index (χ0) is 14.1. The molecule has 6 heteroatoms. The summed E-state index contributed by atoms with van der Waals surface area (Å²) < 4.78 is 0. The van der Waals surface area contributed by atoms with Gasteiger partial charge in [0, 0.05) is 24.4 Å². The van der Waals surface area contributed by atoms with E-state index in [4.69, 9.17) is 11.6 Å². The lowest BCUT2D eigenvalue weighted by molar-refractivity contribution is 0.102. The average Bonchev–Trinajstić information content (AvgIpc) is 2.83. The van der Waals surface area contributed by atoms with Crippen molar-refractivity contribution in [2.45, 2.75) is 19.9 Å². The van der Waals surface area contributed by atoms with Crippen molar-refractivity contribution in [1.29, 1.82) is 0 Å². The molecule has 1 aliphatic heterocycles. The molecule has 0 radical (unpaired) electrons. The summed E-state index contributed by atoms with van der Waals surface area (Å²) in [6.07, 6.45) is 0.910. The Labute approximate surface area is 126 Å². The van der Waals surface area contributed by atoms with Crippen LogP contribution >= 0.6 is 22.9 Å². The molecule has 1 amide bonds. The number of hydrogen-bond donors (Lipinski definition) is 2. The molecule has 0 atom stereocenters. The van der Waals surface area contributed by atoms with E-state index in [0.717, 1.165) is 30.8 Å². The summed E-state index contributed by atoms with van der Waals surface area (Å²) in [6.45, 7) is 3.65. The molecule has 0 saturated heterocycles. The fraction of sp³-hybridized carbons (Fsp3) is 0.286. The van der Waals surface area contributed by atoms with E-state index in [9.17, 15) is 4.79 Å². The average molecular weight is 308 g/mol. The molecule has 1 aromatic carbocycles. The van der Waals surface area contributed by atoms with Gasteiger partial charge in [-0.2, -0.15) is 0 Å². The molecule has 0 aliphatic carbocycles. The van der Waals surface area contributed by atoms with Crippen LogP contribution in [-0.2, 0) is 13.0 Å². The van der Waals surface area contributed by atoms with Crippen molar-refractivity contribution in [2.75, 3.05) is 11.9 Å². The lowest BCUT2D eigenvalue weighted by Gasteiger charge is -2.09. The molecule has 2 N–H and O–H groups in total. The summed E-state index contributed by atoms with van der Waals surface area (Å²) in [5.41, 5.74) is 2.46. The lowest BCUT2D eigenvalue weighted by atomic mass is 10.1. The standard InChI is InChI=1S/C14H14ClN3OS/c1-8-3-2-4-9(12(8)15)13(19)18-14-17-10-5-6-16-7-11(10)20-14/h2-4,16H,5-7H2,1H3,(H,17,18,19). The van der Waals surface area contributed by atoms with E-state index in [1.807, 2.05) is 19.1 Å². The van der Waals surface area contributed by atoms with Crippen molar-refractivity contribution < 1.29 is 4.79 Å². The highest BCUT2D eigenvalue weighted by Crippen LogP contribution is 2.27. The smallest absolute Gasteiger partial charge is 0.258 e. The van der Waals surface area contributed by atoms with Gasteiger partial charge >= 0.3 is 0 Å². The Morgan fingerprint density at radius 1 is 1.50 bits per heavy atom. The van der Waals surface area contributed by atoms with E-state index in [1.165, 1.54) is 16.2 Å². The normalized spacial score (nSPS) is 13.9. The minimum atomic E-state index is -0.210. The Balaban J connectivity index is 1.82. The Hall–Kier alpha value is -1.43. The van der Waals surface area contributed by atoms with Gasteiger partial charge in [0.05, 0.1) is 16.3 Å². The number of amides is 1. The Morgan fingerprint density at radius 3 is 3.15 bits per heavy atom. The van der Waals surface area contributed by atoms with Gasteiger partial charge < -0.3 is 5.32 Å². The number of nitrogens with one attached hydrogen (secondary N) is 2. The summed E-state index contributed by atoms with van der Waals surface area (Å²) >= 11 is 7.69. The van der Waals surface area contributed by atoms with Crippen LogP contribution in [0.1, 0.15) is 26.5 Å². The molecule has 0 spiro atoms. The van der Waals surface area contributed by atoms with Crippen LogP contribution in [-0.4, -0.2) is 17.4 Å². The first-order valence-corrected chi connectivity index (χ1v) is 7.60. The van der Waals surface area contributed by atoms with Gasteiger partial charge in [-0.25, -0.2) is 4.98 Å². The van der Waals surface area contributed by atoms with E-state index in [0.29, 0.717) is 15.7 Å². The first-order valence-electron chi connectivity index (χ1n) is 6.41. The number of thiazole rings is 1. The number of nitrogens with zero attached hydrogens (tertiary/aromatic N) is 1. The second-order valence-electron chi connectivity index (χ2n) is 4.71. The number of halogens is 1. The van der Waals surface area contributed by atoms with Gasteiger partial charge in [0.25, 0.3) is 5.91 Å². The fourth-order valence-corrected chi connectivity index (χ4v) is 3.35. The van der Waals surface area contributed by atoms with Crippen molar-refractivity contribution in [2.24, 2.45) is 0 Å². The number of rotatable bonds is 2. The van der Waals surface area contributed by atoms with Gasteiger partial charge in [-0.3, -0.25) is 10.1 Å². The number of fused-ring (bicyclic) bond motifs is 1. The summed E-state index contributed by atoms with van der Waals surface area (Å²) in [5, 5.41) is 7.27. The van der Waals surface area contributed by atoms with Crippen LogP contribution in [0.3, 0.4) is 0 Å². The molecule has 1 aromatic heterocycles. The summed E-state index contributed by atoms with van der Waals surface area (Å²) in [4.78, 5) is 17.9. The summed E-state index contributed by atoms with van der Waals surface area (Å²) in [5.74, 6) is -0.210. The zero-order valence-electron chi connectivity index (χ0n) is 11.0. The summed E-state index contributed by atoms with van der Waals surface area (Å²) in [6, 6.07) is 5.43. The van der Waals surface area contributed by atoms with Crippen molar-refractivity contribution in [3.63, 3.8) is 0 Å². The van der Waals surface area contributed by atoms with E-state index in [1.54, 1.807) is 6.07 Å². The summed E-state index contributed by atoms with van der Waals surface area (Å²) in [7, 11) is 0. The van der Waals surface area contributed by atoms with Gasteiger partial charge in [-0.05, 0) is 18.6 Å². The number of carbonyl (C=O) groups is 1. The van der Waals surface area contributed by atoms with Gasteiger partial charge in [0.2, 0.25) is 0 Å². The molecular weight excluding hydrogens is 294 g/mol. The first kappa shape index (κ1) is 13.5. The van der Waals surface area contributed by atoms with Crippen LogP contribution in [0.2, 0.25) is 5.02 Å². The molecule has 104 valence electrons. The highest BCUT2D eigenvalue weighted by atomic mass is 35.5. The molecule has 1 aliphatic rings. The second-order valence-corrected chi connectivity index (χ2v) is 6.17. The molecule has 20 heavy (non-hydrogen) atoms. The quantitative estimate of drug-likeness (QED) is 0.897. The molecule has 2 heterocycles.